The van der Waals surface area contributed by atoms with Gasteiger partial charge in [0.2, 0.25) is 0 Å². The van der Waals surface area contributed by atoms with Crippen molar-refractivity contribution in [3.05, 3.63) is 48.4 Å². The molecule has 0 saturated heterocycles. The van der Waals surface area contributed by atoms with Crippen molar-refractivity contribution in [1.82, 2.24) is 0 Å². The lowest BCUT2D eigenvalue weighted by Gasteiger charge is -2.08. The summed E-state index contributed by atoms with van der Waals surface area (Å²) in [6.07, 6.45) is 2.83. The maximum atomic E-state index is 11.1. The SMILES string of the molecule is COC(=O)Nc1cccc(NCc2ccoc2)c1. The molecule has 1 heterocycles. The second-order valence-corrected chi connectivity index (χ2v) is 3.68. The Morgan fingerprint density at radius 2 is 2.17 bits per heavy atom. The summed E-state index contributed by atoms with van der Waals surface area (Å²) in [6.45, 7) is 0.665. The van der Waals surface area contributed by atoms with E-state index in [0.29, 0.717) is 12.2 Å². The van der Waals surface area contributed by atoms with Gasteiger partial charge >= 0.3 is 6.09 Å². The molecule has 0 atom stereocenters. The molecular formula is C13H14N2O3. The summed E-state index contributed by atoms with van der Waals surface area (Å²) in [5.41, 5.74) is 2.64. The van der Waals surface area contributed by atoms with Gasteiger partial charge in [0.15, 0.2) is 0 Å². The van der Waals surface area contributed by atoms with Gasteiger partial charge in [0, 0.05) is 23.5 Å². The number of methoxy groups -OCH3 is 1. The van der Waals surface area contributed by atoms with Gasteiger partial charge < -0.3 is 14.5 Å². The first-order valence-corrected chi connectivity index (χ1v) is 5.48. The molecule has 0 radical (unpaired) electrons. The minimum absolute atomic E-state index is 0.484. The zero-order valence-electron chi connectivity index (χ0n) is 9.97. The zero-order valence-corrected chi connectivity index (χ0v) is 9.97. The number of carbonyl (C=O) groups is 1. The van der Waals surface area contributed by atoms with Gasteiger partial charge in [-0.25, -0.2) is 4.79 Å². The van der Waals surface area contributed by atoms with E-state index in [4.69, 9.17) is 4.42 Å². The molecule has 1 amide bonds. The topological polar surface area (TPSA) is 63.5 Å². The van der Waals surface area contributed by atoms with Crippen LogP contribution in [0.15, 0.2) is 47.3 Å². The number of ether oxygens (including phenoxy) is 1. The molecule has 94 valence electrons. The first-order chi connectivity index (χ1) is 8.78. The van der Waals surface area contributed by atoms with Gasteiger partial charge in [-0.1, -0.05) is 6.07 Å². The van der Waals surface area contributed by atoms with Crippen molar-refractivity contribution in [2.24, 2.45) is 0 Å². The first kappa shape index (κ1) is 12.0. The summed E-state index contributed by atoms with van der Waals surface area (Å²) < 4.78 is 9.51. The molecule has 2 rings (SSSR count). The lowest BCUT2D eigenvalue weighted by molar-refractivity contribution is 0.187. The third kappa shape index (κ3) is 3.28. The number of benzene rings is 1. The monoisotopic (exact) mass is 246 g/mol. The van der Waals surface area contributed by atoms with Gasteiger partial charge in [0.25, 0.3) is 0 Å². The molecule has 5 nitrogen and oxygen atoms in total. The van der Waals surface area contributed by atoms with Crippen LogP contribution in [0.1, 0.15) is 5.56 Å². The quantitative estimate of drug-likeness (QED) is 0.870. The first-order valence-electron chi connectivity index (χ1n) is 5.48. The van der Waals surface area contributed by atoms with Crippen molar-refractivity contribution in [3.8, 4) is 0 Å². The van der Waals surface area contributed by atoms with Crippen LogP contribution in [0.25, 0.3) is 0 Å². The summed E-state index contributed by atoms with van der Waals surface area (Å²) in [5, 5.41) is 5.83. The maximum absolute atomic E-state index is 11.1. The Hall–Kier alpha value is -2.43. The number of carbonyl (C=O) groups excluding carboxylic acids is 1. The third-order valence-electron chi connectivity index (χ3n) is 2.37. The van der Waals surface area contributed by atoms with Crippen LogP contribution in [0, 0.1) is 0 Å². The van der Waals surface area contributed by atoms with Gasteiger partial charge in [-0.2, -0.15) is 0 Å². The highest BCUT2D eigenvalue weighted by Gasteiger charge is 2.01. The molecule has 0 bridgehead atoms. The van der Waals surface area contributed by atoms with Gasteiger partial charge in [-0.05, 0) is 24.3 Å². The van der Waals surface area contributed by atoms with Gasteiger partial charge in [-0.15, -0.1) is 0 Å². The molecule has 0 aliphatic heterocycles. The number of rotatable bonds is 4. The fourth-order valence-corrected chi connectivity index (χ4v) is 1.47. The summed E-state index contributed by atoms with van der Waals surface area (Å²) >= 11 is 0. The van der Waals surface area contributed by atoms with E-state index >= 15 is 0 Å². The van der Waals surface area contributed by atoms with Crippen LogP contribution in [0.2, 0.25) is 0 Å². The van der Waals surface area contributed by atoms with Gasteiger partial charge in [0.05, 0.1) is 19.6 Å². The largest absolute Gasteiger partial charge is 0.472 e. The molecule has 2 N–H and O–H groups in total. The Morgan fingerprint density at radius 3 is 2.89 bits per heavy atom. The van der Waals surface area contributed by atoms with Crippen molar-refractivity contribution >= 4 is 17.5 Å². The van der Waals surface area contributed by atoms with E-state index in [1.807, 2.05) is 24.3 Å². The fourth-order valence-electron chi connectivity index (χ4n) is 1.47. The normalized spacial score (nSPS) is 9.83. The van der Waals surface area contributed by atoms with E-state index in [9.17, 15) is 4.79 Å². The van der Waals surface area contributed by atoms with Crippen LogP contribution >= 0.6 is 0 Å². The molecule has 0 aliphatic carbocycles. The van der Waals surface area contributed by atoms with Crippen molar-refractivity contribution in [2.45, 2.75) is 6.54 Å². The predicted molar refractivity (Wildman–Crippen MR) is 68.5 cm³/mol. The molecule has 0 fully saturated rings. The van der Waals surface area contributed by atoms with Crippen LogP contribution in [0.5, 0.6) is 0 Å². The Morgan fingerprint density at radius 1 is 1.33 bits per heavy atom. The lowest BCUT2D eigenvalue weighted by Crippen LogP contribution is -2.11. The standard InChI is InChI=1S/C13H14N2O3/c1-17-13(16)15-12-4-2-3-11(7-12)14-8-10-5-6-18-9-10/h2-7,9,14H,8H2,1H3,(H,15,16). The second kappa shape index (κ2) is 5.77. The van der Waals surface area contributed by atoms with Gasteiger partial charge in [0.1, 0.15) is 0 Å². The number of anilines is 2. The van der Waals surface area contributed by atoms with E-state index in [0.717, 1.165) is 11.3 Å². The Kier molecular flexibility index (Phi) is 3.86. The third-order valence-corrected chi connectivity index (χ3v) is 2.37. The molecule has 0 saturated carbocycles. The number of furan rings is 1. The van der Waals surface area contributed by atoms with Crippen LogP contribution in [-0.2, 0) is 11.3 Å². The summed E-state index contributed by atoms with van der Waals surface area (Å²) in [4.78, 5) is 11.1. The Labute approximate surface area is 105 Å². The van der Waals surface area contributed by atoms with Crippen LogP contribution in [0.3, 0.4) is 0 Å². The Bertz CT molecular complexity index is 509. The summed E-state index contributed by atoms with van der Waals surface area (Å²) in [5.74, 6) is 0. The van der Waals surface area contributed by atoms with Crippen LogP contribution < -0.4 is 10.6 Å². The number of hydrogen-bond acceptors (Lipinski definition) is 4. The molecule has 0 aliphatic rings. The second-order valence-electron chi connectivity index (χ2n) is 3.68. The average molecular weight is 246 g/mol. The summed E-state index contributed by atoms with van der Waals surface area (Å²) in [6, 6.07) is 9.28. The van der Waals surface area contributed by atoms with E-state index in [1.165, 1.54) is 7.11 Å². The molecule has 5 heteroatoms. The maximum Gasteiger partial charge on any atom is 0.411 e. The van der Waals surface area contributed by atoms with E-state index < -0.39 is 6.09 Å². The molecule has 1 aromatic heterocycles. The van der Waals surface area contributed by atoms with E-state index in [1.54, 1.807) is 18.6 Å². The number of amides is 1. The highest BCUT2D eigenvalue weighted by atomic mass is 16.5. The predicted octanol–water partition coefficient (Wildman–Crippen LogP) is 3.07. The molecule has 0 unspecified atom stereocenters. The van der Waals surface area contributed by atoms with Gasteiger partial charge in [-0.3, -0.25) is 5.32 Å². The summed E-state index contributed by atoms with van der Waals surface area (Å²) in [7, 11) is 1.33. The molecule has 1 aromatic carbocycles. The number of hydrogen-bond donors (Lipinski definition) is 2. The molecule has 0 spiro atoms. The molecular weight excluding hydrogens is 232 g/mol. The van der Waals surface area contributed by atoms with Crippen LogP contribution in [0.4, 0.5) is 16.2 Å². The Balaban J connectivity index is 1.96. The smallest absolute Gasteiger partial charge is 0.411 e. The highest BCUT2D eigenvalue weighted by molar-refractivity contribution is 5.85. The van der Waals surface area contributed by atoms with E-state index in [2.05, 4.69) is 15.4 Å². The molecule has 2 aromatic rings. The zero-order chi connectivity index (χ0) is 12.8. The average Bonchev–Trinajstić information content (AvgIpc) is 2.90. The fraction of sp³-hybridized carbons (Fsp3) is 0.154. The lowest BCUT2D eigenvalue weighted by atomic mass is 10.2. The van der Waals surface area contributed by atoms with Crippen molar-refractivity contribution in [3.63, 3.8) is 0 Å². The minimum Gasteiger partial charge on any atom is -0.472 e. The van der Waals surface area contributed by atoms with Crippen molar-refractivity contribution < 1.29 is 13.9 Å². The molecule has 18 heavy (non-hydrogen) atoms. The van der Waals surface area contributed by atoms with Crippen molar-refractivity contribution in [2.75, 3.05) is 17.7 Å². The van der Waals surface area contributed by atoms with E-state index in [-0.39, 0.29) is 0 Å². The highest BCUT2D eigenvalue weighted by Crippen LogP contribution is 2.16. The van der Waals surface area contributed by atoms with Crippen LogP contribution in [-0.4, -0.2) is 13.2 Å². The minimum atomic E-state index is -0.484. The number of nitrogens with one attached hydrogen (secondary N) is 2. The van der Waals surface area contributed by atoms with Crippen molar-refractivity contribution in [1.29, 1.82) is 0 Å².